The van der Waals surface area contributed by atoms with Gasteiger partial charge in [-0.25, -0.2) is 0 Å². The second-order valence-electron chi connectivity index (χ2n) is 11.5. The van der Waals surface area contributed by atoms with Crippen molar-refractivity contribution in [3.8, 4) is 6.07 Å². The number of nitriles is 1. The molecule has 5 aliphatic carbocycles. The van der Waals surface area contributed by atoms with Gasteiger partial charge in [0.05, 0.1) is 6.04 Å². The number of fused-ring (bicyclic) bond motifs is 1. The minimum Gasteiger partial charge on any atom is -0.383 e. The van der Waals surface area contributed by atoms with Crippen LogP contribution in [0.25, 0.3) is 0 Å². The molecule has 2 N–H and O–H groups in total. The summed E-state index contributed by atoms with van der Waals surface area (Å²) in [4.78, 5) is 13.1. The topological polar surface area (TPSA) is 64.9 Å². The van der Waals surface area contributed by atoms with Gasteiger partial charge in [0.15, 0.2) is 0 Å². The highest BCUT2D eigenvalue weighted by Gasteiger charge is 2.53. The summed E-state index contributed by atoms with van der Waals surface area (Å²) < 4.78 is 0. The second kappa shape index (κ2) is 9.16. The fourth-order valence-electron chi connectivity index (χ4n) is 7.89. The van der Waals surface area contributed by atoms with Crippen LogP contribution in [0.4, 0.5) is 0 Å². The molecule has 2 atom stereocenters. The molecule has 176 valence electrons. The van der Waals surface area contributed by atoms with Crippen LogP contribution in [-0.2, 0) is 17.6 Å². The van der Waals surface area contributed by atoms with E-state index in [0.29, 0.717) is 0 Å². The van der Waals surface area contributed by atoms with E-state index in [9.17, 15) is 10.1 Å². The molecule has 4 nitrogen and oxygen atoms in total. The van der Waals surface area contributed by atoms with Crippen molar-refractivity contribution in [3.63, 3.8) is 0 Å². The Balaban J connectivity index is 1.25. The van der Waals surface area contributed by atoms with Gasteiger partial charge in [0.25, 0.3) is 5.91 Å². The van der Waals surface area contributed by atoms with E-state index in [1.54, 1.807) is 6.20 Å². The molecule has 0 heterocycles. The Bertz CT molecular complexity index is 936. The SMILES string of the molecule is CCC(N/C=C(/C#N)C(=O)NC(C)C12CC3CC(CC(C3)C1)C2)c1ccc2c(c1)CCCC2. The van der Waals surface area contributed by atoms with Crippen LogP contribution in [-0.4, -0.2) is 11.9 Å². The van der Waals surface area contributed by atoms with Crippen molar-refractivity contribution in [1.29, 1.82) is 5.26 Å². The summed E-state index contributed by atoms with van der Waals surface area (Å²) in [7, 11) is 0. The van der Waals surface area contributed by atoms with E-state index in [1.165, 1.54) is 74.5 Å². The highest BCUT2D eigenvalue weighted by atomic mass is 16.1. The fourth-order valence-corrected chi connectivity index (χ4v) is 7.89. The third-order valence-electron chi connectivity index (χ3n) is 9.33. The lowest BCUT2D eigenvalue weighted by Crippen LogP contribution is -2.56. The monoisotopic (exact) mass is 445 g/mol. The molecule has 0 aliphatic heterocycles. The fraction of sp³-hybridized carbons (Fsp3) is 0.655. The van der Waals surface area contributed by atoms with Gasteiger partial charge in [-0.15, -0.1) is 0 Å². The Morgan fingerprint density at radius 2 is 1.76 bits per heavy atom. The summed E-state index contributed by atoms with van der Waals surface area (Å²) in [5, 5.41) is 16.4. The van der Waals surface area contributed by atoms with Crippen molar-refractivity contribution in [2.45, 2.75) is 96.6 Å². The van der Waals surface area contributed by atoms with E-state index in [1.807, 2.05) is 0 Å². The maximum atomic E-state index is 13.1. The minimum absolute atomic E-state index is 0.106. The van der Waals surface area contributed by atoms with Crippen molar-refractivity contribution in [2.24, 2.45) is 23.2 Å². The number of nitrogens with zero attached hydrogens (tertiary/aromatic N) is 1. The largest absolute Gasteiger partial charge is 0.383 e. The van der Waals surface area contributed by atoms with Gasteiger partial charge in [-0.2, -0.15) is 5.26 Å². The molecule has 1 aromatic rings. The van der Waals surface area contributed by atoms with Crippen LogP contribution in [0.5, 0.6) is 0 Å². The Labute approximate surface area is 199 Å². The van der Waals surface area contributed by atoms with Gasteiger partial charge in [-0.05, 0) is 117 Å². The highest BCUT2D eigenvalue weighted by molar-refractivity contribution is 5.97. The quantitative estimate of drug-likeness (QED) is 0.416. The predicted molar refractivity (Wildman–Crippen MR) is 131 cm³/mol. The van der Waals surface area contributed by atoms with Crippen LogP contribution in [0.15, 0.2) is 30.0 Å². The van der Waals surface area contributed by atoms with E-state index in [-0.39, 0.29) is 29.0 Å². The normalized spacial score (nSPS) is 31.9. The molecule has 4 heteroatoms. The van der Waals surface area contributed by atoms with Crippen LogP contribution in [0.1, 0.15) is 94.4 Å². The van der Waals surface area contributed by atoms with Gasteiger partial charge in [0.1, 0.15) is 11.6 Å². The van der Waals surface area contributed by atoms with E-state index in [2.05, 4.69) is 48.7 Å². The summed E-state index contributed by atoms with van der Waals surface area (Å²) in [6.07, 6.45) is 15.4. The molecule has 1 aromatic carbocycles. The number of hydrogen-bond acceptors (Lipinski definition) is 3. The van der Waals surface area contributed by atoms with Crippen molar-refractivity contribution < 1.29 is 4.79 Å². The number of carbonyl (C=O) groups excluding carboxylic acids is 1. The average Bonchev–Trinajstić information content (AvgIpc) is 2.80. The van der Waals surface area contributed by atoms with E-state index >= 15 is 0 Å². The van der Waals surface area contributed by atoms with Gasteiger partial charge in [0.2, 0.25) is 0 Å². The molecule has 0 saturated heterocycles. The number of amides is 1. The van der Waals surface area contributed by atoms with Gasteiger partial charge < -0.3 is 10.6 Å². The Morgan fingerprint density at radius 3 is 2.36 bits per heavy atom. The molecule has 0 radical (unpaired) electrons. The first-order chi connectivity index (χ1) is 16.0. The lowest BCUT2D eigenvalue weighted by molar-refractivity contribution is -0.122. The van der Waals surface area contributed by atoms with Gasteiger partial charge >= 0.3 is 0 Å². The van der Waals surface area contributed by atoms with Crippen molar-refractivity contribution >= 4 is 5.91 Å². The lowest BCUT2D eigenvalue weighted by atomic mass is 9.48. The van der Waals surface area contributed by atoms with Crippen LogP contribution in [0.2, 0.25) is 0 Å². The molecule has 2 unspecified atom stereocenters. The van der Waals surface area contributed by atoms with E-state index in [0.717, 1.165) is 30.6 Å². The number of hydrogen-bond donors (Lipinski definition) is 2. The molecular weight excluding hydrogens is 406 g/mol. The summed E-state index contributed by atoms with van der Waals surface area (Å²) in [5.41, 5.74) is 4.61. The van der Waals surface area contributed by atoms with Gasteiger partial charge in [-0.1, -0.05) is 25.1 Å². The van der Waals surface area contributed by atoms with Crippen LogP contribution in [0, 0.1) is 34.5 Å². The molecule has 33 heavy (non-hydrogen) atoms. The van der Waals surface area contributed by atoms with Crippen molar-refractivity contribution in [2.75, 3.05) is 0 Å². The van der Waals surface area contributed by atoms with Crippen LogP contribution >= 0.6 is 0 Å². The summed E-state index contributed by atoms with van der Waals surface area (Å²) in [6, 6.07) is 9.18. The van der Waals surface area contributed by atoms with Gasteiger partial charge in [-0.3, -0.25) is 4.79 Å². The highest BCUT2D eigenvalue weighted by Crippen LogP contribution is 2.61. The molecule has 4 fully saturated rings. The molecular formula is C29H39N3O. The molecule has 4 saturated carbocycles. The average molecular weight is 446 g/mol. The number of carbonyl (C=O) groups is 1. The number of benzene rings is 1. The number of nitrogens with one attached hydrogen (secondary N) is 2. The molecule has 0 spiro atoms. The lowest BCUT2D eigenvalue weighted by Gasteiger charge is -2.59. The summed E-state index contributed by atoms with van der Waals surface area (Å²) >= 11 is 0. The zero-order chi connectivity index (χ0) is 23.0. The first kappa shape index (κ1) is 22.5. The Hall–Kier alpha value is -2.28. The first-order valence-corrected chi connectivity index (χ1v) is 13.3. The van der Waals surface area contributed by atoms with Crippen LogP contribution in [0.3, 0.4) is 0 Å². The Morgan fingerprint density at radius 1 is 1.12 bits per heavy atom. The van der Waals surface area contributed by atoms with Gasteiger partial charge in [0, 0.05) is 12.2 Å². The second-order valence-corrected chi connectivity index (χ2v) is 11.5. The zero-order valence-electron chi connectivity index (χ0n) is 20.3. The van der Waals surface area contributed by atoms with Crippen molar-refractivity contribution in [3.05, 3.63) is 46.7 Å². The smallest absolute Gasteiger partial charge is 0.263 e. The third kappa shape index (κ3) is 4.44. The summed E-state index contributed by atoms with van der Waals surface area (Å²) in [5.74, 6) is 2.33. The Kier molecular flexibility index (Phi) is 6.25. The maximum absolute atomic E-state index is 13.1. The minimum atomic E-state index is -0.228. The molecule has 4 bridgehead atoms. The third-order valence-corrected chi connectivity index (χ3v) is 9.33. The maximum Gasteiger partial charge on any atom is 0.263 e. The molecule has 1 amide bonds. The van der Waals surface area contributed by atoms with Crippen LogP contribution < -0.4 is 10.6 Å². The zero-order valence-corrected chi connectivity index (χ0v) is 20.3. The number of aryl methyl sites for hydroxylation is 2. The van der Waals surface area contributed by atoms with Crippen molar-refractivity contribution in [1.82, 2.24) is 10.6 Å². The molecule has 5 aliphatic rings. The van der Waals surface area contributed by atoms with E-state index in [4.69, 9.17) is 0 Å². The molecule has 6 rings (SSSR count). The predicted octanol–water partition coefficient (Wildman–Crippen LogP) is 5.73. The number of rotatable bonds is 7. The first-order valence-electron chi connectivity index (χ1n) is 13.3. The summed E-state index contributed by atoms with van der Waals surface area (Å²) in [6.45, 7) is 4.32. The standard InChI is InChI=1S/C29H39N3O/c1-3-27(25-9-8-23-6-4-5-7-24(23)13-25)31-18-26(17-30)28(33)32-19(2)29-14-20-10-21(15-29)12-22(11-20)16-29/h8-9,13,18-22,27,31H,3-7,10-12,14-16H2,1-2H3,(H,32,33)/b26-18-. The van der Waals surface area contributed by atoms with E-state index < -0.39 is 0 Å². The molecule has 0 aromatic heterocycles.